The predicted octanol–water partition coefficient (Wildman–Crippen LogP) is 8.78. The largest absolute Gasteiger partial charge is 0.467 e. The van der Waals surface area contributed by atoms with Crippen molar-refractivity contribution in [1.29, 1.82) is 0 Å². The summed E-state index contributed by atoms with van der Waals surface area (Å²) in [4.78, 5) is 26.2. The second-order valence-corrected chi connectivity index (χ2v) is 18.0. The number of benzene rings is 4. The number of hydrogen-bond donors (Lipinski definition) is 2. The minimum atomic E-state index is -3.50. The Hall–Kier alpha value is -4.80. The number of sulfonamides is 2. The number of aromatic nitrogens is 2. The van der Waals surface area contributed by atoms with E-state index in [0.717, 1.165) is 18.6 Å². The van der Waals surface area contributed by atoms with E-state index in [1.807, 2.05) is 6.92 Å². The van der Waals surface area contributed by atoms with Gasteiger partial charge < -0.3 is 18.6 Å². The summed E-state index contributed by atoms with van der Waals surface area (Å²) in [6.45, 7) is 3.65. The van der Waals surface area contributed by atoms with Gasteiger partial charge in [0.05, 0.1) is 49.1 Å². The van der Waals surface area contributed by atoms with Gasteiger partial charge in [0.2, 0.25) is 20.0 Å². The summed E-state index contributed by atoms with van der Waals surface area (Å²) in [6, 6.07) is 22.5. The van der Waals surface area contributed by atoms with Crippen LogP contribution in [0.25, 0.3) is 21.8 Å². The molecule has 2 atom stereocenters. The van der Waals surface area contributed by atoms with Crippen LogP contribution >= 0.6 is 34.8 Å². The highest BCUT2D eigenvalue weighted by atomic mass is 35.5. The smallest absolute Gasteiger partial charge is 0.336 e. The SMILES string of the molecule is CCC(C(=O)OC)(c1ccc(Cl)cc1Cl)n1ccc2c(NS(C)(=O)=O)cccc21.CCC(C(=O)OC)(c1ccc(F)cc1Cl)n1ccc2c(NS(C)(=O)=O)cccc21. The van der Waals surface area contributed by atoms with E-state index < -0.39 is 48.9 Å². The van der Waals surface area contributed by atoms with E-state index in [0.29, 0.717) is 60.8 Å². The van der Waals surface area contributed by atoms with Crippen LogP contribution in [0.2, 0.25) is 15.1 Å². The minimum Gasteiger partial charge on any atom is -0.467 e. The van der Waals surface area contributed by atoms with E-state index in [4.69, 9.17) is 44.3 Å². The number of nitrogens with one attached hydrogen (secondary N) is 2. The highest BCUT2D eigenvalue weighted by Crippen LogP contribution is 2.42. The molecule has 0 aliphatic rings. The van der Waals surface area contributed by atoms with Gasteiger partial charge in [0.25, 0.3) is 0 Å². The Morgan fingerprint density at radius 2 is 1.07 bits per heavy atom. The molecule has 4 aromatic carbocycles. The molecule has 18 heteroatoms. The molecule has 0 aliphatic heterocycles. The third-order valence-electron chi connectivity index (χ3n) is 9.70. The second-order valence-electron chi connectivity index (χ2n) is 13.3. The van der Waals surface area contributed by atoms with Crippen molar-refractivity contribution in [2.24, 2.45) is 0 Å². The number of methoxy groups -OCH3 is 2. The Balaban J connectivity index is 0.000000221. The first-order valence-electron chi connectivity index (χ1n) is 17.5. The van der Waals surface area contributed by atoms with Crippen LogP contribution in [0.15, 0.2) is 97.3 Å². The van der Waals surface area contributed by atoms with Crippen molar-refractivity contribution < 1.29 is 40.3 Å². The van der Waals surface area contributed by atoms with Gasteiger partial charge in [0, 0.05) is 49.4 Å². The maximum Gasteiger partial charge on any atom is 0.336 e. The van der Waals surface area contributed by atoms with Crippen molar-refractivity contribution in [1.82, 2.24) is 9.13 Å². The number of ether oxygens (including phenoxy) is 2. The summed E-state index contributed by atoms with van der Waals surface area (Å²) in [5.74, 6) is -1.60. The molecule has 2 aromatic heterocycles. The third kappa shape index (κ3) is 8.50. The van der Waals surface area contributed by atoms with Gasteiger partial charge in [-0.25, -0.2) is 30.8 Å². The van der Waals surface area contributed by atoms with Gasteiger partial charge in [-0.2, -0.15) is 0 Å². The minimum absolute atomic E-state index is 0.0875. The number of rotatable bonds is 12. The number of anilines is 2. The standard InChI is InChI=1S/C20H20Cl2N2O4S.C20H20ClFN2O4S/c1-4-20(19(25)28-2,15-9-8-13(21)12-16(15)22)24-11-10-14-17(23-29(3,26)27)6-5-7-18(14)24;1-4-20(19(25)28-2,15-9-8-13(22)12-16(15)21)24-11-10-14-17(23-29(3,26)27)6-5-7-18(14)24/h2*5-12,23H,4H2,1-3H3. The summed E-state index contributed by atoms with van der Waals surface area (Å²) < 4.78 is 79.2. The normalized spacial score (nSPS) is 13.8. The summed E-state index contributed by atoms with van der Waals surface area (Å²) in [5, 5.41) is 2.11. The highest BCUT2D eigenvalue weighted by Gasteiger charge is 2.45. The molecule has 2 unspecified atom stereocenters. The first-order chi connectivity index (χ1) is 27.3. The quantitative estimate of drug-likeness (QED) is 0.116. The van der Waals surface area contributed by atoms with Crippen molar-refractivity contribution in [2.45, 2.75) is 37.8 Å². The van der Waals surface area contributed by atoms with Crippen molar-refractivity contribution in [3.05, 3.63) is 129 Å². The van der Waals surface area contributed by atoms with E-state index in [2.05, 4.69) is 9.44 Å². The zero-order chi connectivity index (χ0) is 42.8. The van der Waals surface area contributed by atoms with Gasteiger partial charge in [-0.3, -0.25) is 9.44 Å². The van der Waals surface area contributed by atoms with Crippen LogP contribution in [0.1, 0.15) is 37.8 Å². The lowest BCUT2D eigenvalue weighted by atomic mass is 9.86. The molecule has 0 fully saturated rings. The van der Waals surface area contributed by atoms with Gasteiger partial charge >= 0.3 is 11.9 Å². The fourth-order valence-electron chi connectivity index (χ4n) is 7.25. The van der Waals surface area contributed by atoms with Crippen LogP contribution < -0.4 is 9.44 Å². The van der Waals surface area contributed by atoms with Crippen LogP contribution in [-0.4, -0.2) is 64.6 Å². The molecule has 0 saturated heterocycles. The summed E-state index contributed by atoms with van der Waals surface area (Å²) in [5.41, 5.74) is 0.325. The molecule has 0 saturated carbocycles. The molecular weight excluding hydrogens is 854 g/mol. The Kier molecular flexibility index (Phi) is 13.1. The van der Waals surface area contributed by atoms with E-state index in [1.54, 1.807) is 95.2 Å². The molecule has 2 N–H and O–H groups in total. The first-order valence-corrected chi connectivity index (χ1v) is 22.4. The number of halogens is 4. The van der Waals surface area contributed by atoms with E-state index in [9.17, 15) is 30.8 Å². The molecule has 2 heterocycles. The molecular formula is C40H40Cl3FN4O8S2. The maximum atomic E-state index is 13.7. The number of nitrogens with zero attached hydrogens (tertiary/aromatic N) is 2. The molecule has 0 spiro atoms. The third-order valence-corrected chi connectivity index (χ3v) is 11.7. The van der Waals surface area contributed by atoms with Gasteiger partial charge in [0.15, 0.2) is 11.1 Å². The van der Waals surface area contributed by atoms with Crippen LogP contribution in [-0.2, 0) is 50.2 Å². The molecule has 0 radical (unpaired) electrons. The van der Waals surface area contributed by atoms with Gasteiger partial charge in [0.1, 0.15) is 5.82 Å². The number of carbonyl (C=O) groups is 2. The van der Waals surface area contributed by atoms with Crippen LogP contribution in [0, 0.1) is 5.82 Å². The van der Waals surface area contributed by atoms with Crippen LogP contribution in [0.3, 0.4) is 0 Å². The van der Waals surface area contributed by atoms with E-state index in [1.165, 1.54) is 26.4 Å². The number of fused-ring (bicyclic) bond motifs is 2. The zero-order valence-corrected chi connectivity index (χ0v) is 36.0. The number of esters is 2. The highest BCUT2D eigenvalue weighted by molar-refractivity contribution is 7.92. The average Bonchev–Trinajstić information content (AvgIpc) is 3.80. The molecule has 0 aliphatic carbocycles. The van der Waals surface area contributed by atoms with Gasteiger partial charge in [-0.05, 0) is 73.5 Å². The lowest BCUT2D eigenvalue weighted by Gasteiger charge is -2.34. The molecule has 58 heavy (non-hydrogen) atoms. The Morgan fingerprint density at radius 1 is 0.655 bits per heavy atom. The predicted molar refractivity (Wildman–Crippen MR) is 227 cm³/mol. The Bertz CT molecular complexity index is 2570. The molecule has 6 rings (SSSR count). The molecule has 0 bridgehead atoms. The average molecular weight is 894 g/mol. The van der Waals surface area contributed by atoms with Crippen LogP contribution in [0.5, 0.6) is 0 Å². The number of carbonyl (C=O) groups excluding carboxylic acids is 2. The maximum absolute atomic E-state index is 13.7. The van der Waals surface area contributed by atoms with Crippen molar-refractivity contribution in [3.8, 4) is 0 Å². The first kappa shape index (κ1) is 44.3. The summed E-state index contributed by atoms with van der Waals surface area (Å²) in [6.07, 6.45) is 6.14. The lowest BCUT2D eigenvalue weighted by molar-refractivity contribution is -0.149. The zero-order valence-electron chi connectivity index (χ0n) is 32.1. The van der Waals surface area contributed by atoms with E-state index >= 15 is 0 Å². The monoisotopic (exact) mass is 892 g/mol. The fourth-order valence-corrected chi connectivity index (χ4v) is 9.30. The molecule has 6 aromatic rings. The van der Waals surface area contributed by atoms with Crippen LogP contribution in [0.4, 0.5) is 15.8 Å². The topological polar surface area (TPSA) is 155 Å². The lowest BCUT2D eigenvalue weighted by Crippen LogP contribution is -2.43. The summed E-state index contributed by atoms with van der Waals surface area (Å²) >= 11 is 18.9. The Morgan fingerprint density at radius 3 is 1.43 bits per heavy atom. The van der Waals surface area contributed by atoms with Crippen molar-refractivity contribution in [2.75, 3.05) is 36.2 Å². The molecule has 0 amide bonds. The summed E-state index contributed by atoms with van der Waals surface area (Å²) in [7, 11) is -4.38. The second kappa shape index (κ2) is 17.2. The van der Waals surface area contributed by atoms with Gasteiger partial charge in [-0.1, -0.05) is 72.9 Å². The fraction of sp³-hybridized carbons (Fsp3) is 0.250. The van der Waals surface area contributed by atoms with Crippen molar-refractivity contribution >= 4 is 100.0 Å². The van der Waals surface area contributed by atoms with Gasteiger partial charge in [-0.15, -0.1) is 0 Å². The molecule has 308 valence electrons. The Labute approximate surface area is 350 Å². The van der Waals surface area contributed by atoms with Crippen molar-refractivity contribution in [3.63, 3.8) is 0 Å². The van der Waals surface area contributed by atoms with E-state index in [-0.39, 0.29) is 11.4 Å². The number of hydrogen-bond acceptors (Lipinski definition) is 8. The molecule has 12 nitrogen and oxygen atoms in total.